The number of rotatable bonds is 6. The Morgan fingerprint density at radius 1 is 1.17 bits per heavy atom. The maximum absolute atomic E-state index is 11.2. The zero-order valence-corrected chi connectivity index (χ0v) is 14.1. The number of hydrogen-bond acceptors (Lipinski definition) is 6. The average Bonchev–Trinajstić information content (AvgIpc) is 3.04. The van der Waals surface area contributed by atoms with Crippen molar-refractivity contribution < 1.29 is 19.4 Å². The molecule has 0 unspecified atom stereocenters. The van der Waals surface area contributed by atoms with Gasteiger partial charge < -0.3 is 26.6 Å². The monoisotopic (exact) mass is 351 g/mol. The highest BCUT2D eigenvalue weighted by Gasteiger charge is 2.07. The van der Waals surface area contributed by atoms with Gasteiger partial charge in [-0.15, -0.1) is 11.3 Å². The summed E-state index contributed by atoms with van der Waals surface area (Å²) >= 11 is 1.15. The quantitative estimate of drug-likeness (QED) is 0.589. The maximum atomic E-state index is 11.2. The summed E-state index contributed by atoms with van der Waals surface area (Å²) < 4.78 is 4.92. The summed E-state index contributed by atoms with van der Waals surface area (Å²) in [5.41, 5.74) is 12.1. The average molecular weight is 351 g/mol. The van der Waals surface area contributed by atoms with E-state index in [-0.39, 0.29) is 17.4 Å². The number of nitrogens with one attached hydrogen (secondary N) is 1. The van der Waals surface area contributed by atoms with Gasteiger partial charge in [-0.3, -0.25) is 4.79 Å². The second-order valence-electron chi connectivity index (χ2n) is 4.61. The fraction of sp³-hybridized carbons (Fsp3) is 0.250. The van der Waals surface area contributed by atoms with Gasteiger partial charge in [0.25, 0.3) is 0 Å². The second kappa shape index (κ2) is 10.2. The molecule has 2 rings (SSSR count). The summed E-state index contributed by atoms with van der Waals surface area (Å²) in [6.07, 6.45) is 0. The number of nitrogen functional groups attached to an aromatic ring is 2. The number of carboxylic acid groups (broad SMARTS) is 1. The number of nitrogens with two attached hydrogens (primary N) is 2. The van der Waals surface area contributed by atoms with Gasteiger partial charge >= 0.3 is 5.97 Å². The van der Waals surface area contributed by atoms with Gasteiger partial charge in [-0.2, -0.15) is 0 Å². The van der Waals surface area contributed by atoms with Gasteiger partial charge in [0.15, 0.2) is 0 Å². The molecule has 24 heavy (non-hydrogen) atoms. The molecule has 1 aromatic heterocycles. The lowest BCUT2D eigenvalue weighted by molar-refractivity contribution is -0.125. The molecule has 0 saturated carbocycles. The van der Waals surface area contributed by atoms with Crippen LogP contribution in [0.25, 0.3) is 0 Å². The zero-order valence-electron chi connectivity index (χ0n) is 13.3. The van der Waals surface area contributed by atoms with Crippen LogP contribution in [-0.4, -0.2) is 30.2 Å². The predicted molar refractivity (Wildman–Crippen MR) is 94.9 cm³/mol. The smallest absolute Gasteiger partial charge is 0.345 e. The number of ether oxygens (including phenoxy) is 1. The molecule has 1 heterocycles. The standard InChI is InChI=1S/C10H13NO4S.C6H8N2/c1-2-15-6-9(12)11-5-7-3-4-8(16-7)10(13)14;7-5-3-1-2-4-6(5)8/h3-4H,2,5-6H2,1H3,(H,11,12)(H,13,14);1-4H,7-8H2. The van der Waals surface area contributed by atoms with Crippen LogP contribution in [0.1, 0.15) is 21.5 Å². The molecule has 0 radical (unpaired) electrons. The first-order valence-electron chi connectivity index (χ1n) is 7.20. The number of carbonyl (C=O) groups excluding carboxylic acids is 1. The molecule has 7 nitrogen and oxygen atoms in total. The molecule has 0 spiro atoms. The van der Waals surface area contributed by atoms with Crippen LogP contribution in [-0.2, 0) is 16.1 Å². The SMILES string of the molecule is CCOCC(=O)NCc1ccc(C(=O)O)s1.Nc1ccccc1N. The van der Waals surface area contributed by atoms with Crippen molar-refractivity contribution in [3.05, 3.63) is 46.2 Å². The first-order valence-corrected chi connectivity index (χ1v) is 8.02. The van der Waals surface area contributed by atoms with Crippen molar-refractivity contribution in [2.24, 2.45) is 0 Å². The topological polar surface area (TPSA) is 128 Å². The molecule has 0 fully saturated rings. The number of aromatic carboxylic acids is 1. The molecule has 0 aliphatic heterocycles. The Bertz CT molecular complexity index is 652. The number of benzene rings is 1. The van der Waals surface area contributed by atoms with Crippen molar-refractivity contribution in [2.75, 3.05) is 24.7 Å². The van der Waals surface area contributed by atoms with Crippen LogP contribution in [0.15, 0.2) is 36.4 Å². The Morgan fingerprint density at radius 3 is 2.25 bits per heavy atom. The second-order valence-corrected chi connectivity index (χ2v) is 5.78. The summed E-state index contributed by atoms with van der Waals surface area (Å²) in [6.45, 7) is 2.68. The number of amides is 1. The van der Waals surface area contributed by atoms with Gasteiger partial charge in [0.1, 0.15) is 11.5 Å². The van der Waals surface area contributed by atoms with Crippen LogP contribution in [0.3, 0.4) is 0 Å². The van der Waals surface area contributed by atoms with E-state index in [2.05, 4.69) is 5.32 Å². The summed E-state index contributed by atoms with van der Waals surface area (Å²) in [4.78, 5) is 22.8. The predicted octanol–water partition coefficient (Wildman–Crippen LogP) is 1.95. The van der Waals surface area contributed by atoms with E-state index in [9.17, 15) is 9.59 Å². The van der Waals surface area contributed by atoms with E-state index < -0.39 is 5.97 Å². The van der Waals surface area contributed by atoms with Gasteiger partial charge in [-0.25, -0.2) is 4.79 Å². The molecule has 0 bridgehead atoms. The molecule has 1 amide bonds. The van der Waals surface area contributed by atoms with Crippen LogP contribution >= 0.6 is 11.3 Å². The molecular formula is C16H21N3O4S. The van der Waals surface area contributed by atoms with E-state index in [1.54, 1.807) is 18.2 Å². The third-order valence-corrected chi connectivity index (χ3v) is 3.84. The number of carboxylic acids is 1. The Kier molecular flexibility index (Phi) is 8.31. The fourth-order valence-corrected chi connectivity index (χ4v) is 2.32. The first kappa shape index (κ1) is 19.5. The molecule has 8 heteroatoms. The fourth-order valence-electron chi connectivity index (χ4n) is 1.53. The van der Waals surface area contributed by atoms with E-state index >= 15 is 0 Å². The van der Waals surface area contributed by atoms with E-state index in [0.717, 1.165) is 16.2 Å². The largest absolute Gasteiger partial charge is 0.477 e. The highest BCUT2D eigenvalue weighted by atomic mass is 32.1. The van der Waals surface area contributed by atoms with Crippen LogP contribution in [0.2, 0.25) is 0 Å². The van der Waals surface area contributed by atoms with Crippen LogP contribution in [0.4, 0.5) is 11.4 Å². The number of thiophene rings is 1. The molecule has 0 atom stereocenters. The van der Waals surface area contributed by atoms with Crippen molar-refractivity contribution in [3.63, 3.8) is 0 Å². The number of carbonyl (C=O) groups is 2. The third kappa shape index (κ3) is 7.12. The molecule has 130 valence electrons. The Balaban J connectivity index is 0.000000300. The van der Waals surface area contributed by atoms with Crippen molar-refractivity contribution in [1.29, 1.82) is 0 Å². The van der Waals surface area contributed by atoms with Crippen molar-refractivity contribution in [3.8, 4) is 0 Å². The molecule has 0 aliphatic rings. The van der Waals surface area contributed by atoms with Gasteiger partial charge in [0.05, 0.1) is 17.9 Å². The minimum Gasteiger partial charge on any atom is -0.477 e. The van der Waals surface area contributed by atoms with Crippen LogP contribution < -0.4 is 16.8 Å². The molecule has 0 saturated heterocycles. The van der Waals surface area contributed by atoms with Crippen molar-refractivity contribution in [1.82, 2.24) is 5.32 Å². The van der Waals surface area contributed by atoms with Crippen LogP contribution in [0.5, 0.6) is 0 Å². The van der Waals surface area contributed by atoms with Crippen LogP contribution in [0, 0.1) is 0 Å². The van der Waals surface area contributed by atoms with E-state index in [1.165, 1.54) is 6.07 Å². The molecule has 2 aromatic rings. The van der Waals surface area contributed by atoms with Gasteiger partial charge in [-0.05, 0) is 31.2 Å². The van der Waals surface area contributed by atoms with Gasteiger partial charge in [0, 0.05) is 11.5 Å². The van der Waals surface area contributed by atoms with E-state index in [1.807, 2.05) is 19.1 Å². The lowest BCUT2D eigenvalue weighted by Crippen LogP contribution is -2.26. The molecule has 0 aliphatic carbocycles. The van der Waals surface area contributed by atoms with Gasteiger partial charge in [0.2, 0.25) is 5.91 Å². The Hall–Kier alpha value is -2.58. The lowest BCUT2D eigenvalue weighted by atomic mass is 10.3. The zero-order chi connectivity index (χ0) is 17.9. The number of anilines is 2. The number of hydrogen-bond donors (Lipinski definition) is 4. The van der Waals surface area contributed by atoms with Gasteiger partial charge in [-0.1, -0.05) is 12.1 Å². The number of para-hydroxylation sites is 2. The minimum absolute atomic E-state index is 0.0354. The van der Waals surface area contributed by atoms with Crippen molar-refractivity contribution >= 4 is 34.6 Å². The lowest BCUT2D eigenvalue weighted by Gasteiger charge is -2.02. The van der Waals surface area contributed by atoms with Crippen molar-refractivity contribution in [2.45, 2.75) is 13.5 Å². The molecule has 6 N–H and O–H groups in total. The summed E-state index contributed by atoms with van der Waals surface area (Å²) in [7, 11) is 0. The highest BCUT2D eigenvalue weighted by Crippen LogP contribution is 2.15. The minimum atomic E-state index is -0.947. The van der Waals surface area contributed by atoms with E-state index in [0.29, 0.717) is 24.5 Å². The maximum Gasteiger partial charge on any atom is 0.345 e. The third-order valence-electron chi connectivity index (χ3n) is 2.77. The summed E-state index contributed by atoms with van der Waals surface area (Å²) in [5.74, 6) is -1.15. The summed E-state index contributed by atoms with van der Waals surface area (Å²) in [6, 6.07) is 10.5. The highest BCUT2D eigenvalue weighted by molar-refractivity contribution is 7.13. The normalized spacial score (nSPS) is 9.71. The summed E-state index contributed by atoms with van der Waals surface area (Å²) in [5, 5.41) is 11.3. The van der Waals surface area contributed by atoms with E-state index in [4.69, 9.17) is 21.3 Å². The molecular weight excluding hydrogens is 330 g/mol. The first-order chi connectivity index (χ1) is 11.4. The Morgan fingerprint density at radius 2 is 1.79 bits per heavy atom. The Labute approximate surface area is 144 Å². The molecule has 1 aromatic carbocycles.